The predicted octanol–water partition coefficient (Wildman–Crippen LogP) is 2.33. The van der Waals surface area contributed by atoms with Crippen LogP contribution in [0.1, 0.15) is 38.7 Å². The zero-order valence-corrected chi connectivity index (χ0v) is 9.12. The number of hydrogen-bond acceptors (Lipinski definition) is 2. The van der Waals surface area contributed by atoms with Crippen molar-refractivity contribution in [3.05, 3.63) is 30.1 Å². The first-order valence-electron chi connectivity index (χ1n) is 5.24. The molecule has 1 fully saturated rings. The van der Waals surface area contributed by atoms with E-state index in [-0.39, 0.29) is 5.54 Å². The Kier molecular flexibility index (Phi) is 2.31. The molecule has 0 unspecified atom stereocenters. The van der Waals surface area contributed by atoms with Crippen molar-refractivity contribution >= 4 is 0 Å². The number of rotatable bonds is 2. The Labute approximate surface area is 85.7 Å². The Hall–Kier alpha value is -0.890. The molecule has 0 spiro atoms. The first kappa shape index (κ1) is 9.66. The molecule has 1 aromatic heterocycles. The quantitative estimate of drug-likeness (QED) is 0.774. The van der Waals surface area contributed by atoms with Gasteiger partial charge in [-0.15, -0.1) is 0 Å². The van der Waals surface area contributed by atoms with E-state index in [1.807, 2.05) is 18.5 Å². The Morgan fingerprint density at radius 2 is 2.21 bits per heavy atom. The molecular formula is C12H18N2. The van der Waals surface area contributed by atoms with E-state index in [2.05, 4.69) is 37.1 Å². The molecule has 0 bridgehead atoms. The van der Waals surface area contributed by atoms with E-state index >= 15 is 0 Å². The molecule has 0 amide bonds. The van der Waals surface area contributed by atoms with Crippen LogP contribution in [0.4, 0.5) is 0 Å². The number of pyridine rings is 1. The Morgan fingerprint density at radius 3 is 2.79 bits per heavy atom. The van der Waals surface area contributed by atoms with Gasteiger partial charge in [0.25, 0.3) is 0 Å². The SMILES string of the molecule is CC(C)(C)N[C@@H]1C[C@H]1c1cccnc1. The van der Waals surface area contributed by atoms with Gasteiger partial charge in [-0.1, -0.05) is 6.07 Å². The van der Waals surface area contributed by atoms with Gasteiger partial charge in [-0.25, -0.2) is 0 Å². The standard InChI is InChI=1S/C12H18N2/c1-12(2,3)14-11-7-10(11)9-5-4-6-13-8-9/h4-6,8,10-11,14H,7H2,1-3H3/t10-,11+/m0/s1. The van der Waals surface area contributed by atoms with Crippen molar-refractivity contribution in [2.45, 2.75) is 44.7 Å². The van der Waals surface area contributed by atoms with Crippen LogP contribution in [0.2, 0.25) is 0 Å². The zero-order chi connectivity index (χ0) is 10.2. The lowest BCUT2D eigenvalue weighted by atomic mass is 10.1. The van der Waals surface area contributed by atoms with Gasteiger partial charge in [0.15, 0.2) is 0 Å². The van der Waals surface area contributed by atoms with Crippen molar-refractivity contribution in [3.63, 3.8) is 0 Å². The van der Waals surface area contributed by atoms with Crippen molar-refractivity contribution in [1.29, 1.82) is 0 Å². The van der Waals surface area contributed by atoms with Crippen molar-refractivity contribution in [1.82, 2.24) is 10.3 Å². The first-order valence-corrected chi connectivity index (χ1v) is 5.24. The fourth-order valence-corrected chi connectivity index (χ4v) is 1.87. The summed E-state index contributed by atoms with van der Waals surface area (Å²) >= 11 is 0. The van der Waals surface area contributed by atoms with E-state index in [1.54, 1.807) is 0 Å². The maximum atomic E-state index is 4.15. The van der Waals surface area contributed by atoms with Crippen LogP contribution in [0.5, 0.6) is 0 Å². The van der Waals surface area contributed by atoms with Gasteiger partial charge in [0.05, 0.1) is 0 Å². The van der Waals surface area contributed by atoms with Crippen LogP contribution < -0.4 is 5.32 Å². The summed E-state index contributed by atoms with van der Waals surface area (Å²) < 4.78 is 0. The smallest absolute Gasteiger partial charge is 0.0303 e. The van der Waals surface area contributed by atoms with Crippen molar-refractivity contribution in [2.24, 2.45) is 0 Å². The molecule has 1 aromatic rings. The molecule has 1 heterocycles. The molecule has 14 heavy (non-hydrogen) atoms. The molecule has 76 valence electrons. The summed E-state index contributed by atoms with van der Waals surface area (Å²) in [7, 11) is 0. The van der Waals surface area contributed by atoms with Gasteiger partial charge in [0.2, 0.25) is 0 Å². The van der Waals surface area contributed by atoms with Crippen molar-refractivity contribution < 1.29 is 0 Å². The van der Waals surface area contributed by atoms with Crippen LogP contribution in [0, 0.1) is 0 Å². The van der Waals surface area contributed by atoms with Crippen LogP contribution in [0.15, 0.2) is 24.5 Å². The summed E-state index contributed by atoms with van der Waals surface area (Å²) in [5.74, 6) is 0.683. The van der Waals surface area contributed by atoms with Gasteiger partial charge in [0, 0.05) is 29.9 Å². The molecule has 2 heteroatoms. The normalized spacial score (nSPS) is 26.2. The minimum atomic E-state index is 0.224. The summed E-state index contributed by atoms with van der Waals surface area (Å²) in [6, 6.07) is 4.84. The molecule has 1 saturated carbocycles. The largest absolute Gasteiger partial charge is 0.309 e. The maximum Gasteiger partial charge on any atom is 0.0303 e. The van der Waals surface area contributed by atoms with E-state index in [1.165, 1.54) is 12.0 Å². The van der Waals surface area contributed by atoms with E-state index in [9.17, 15) is 0 Å². The summed E-state index contributed by atoms with van der Waals surface area (Å²) in [4.78, 5) is 4.15. The fraction of sp³-hybridized carbons (Fsp3) is 0.583. The van der Waals surface area contributed by atoms with E-state index in [0.717, 1.165) is 0 Å². The Bertz CT molecular complexity index is 300. The van der Waals surface area contributed by atoms with Gasteiger partial charge in [-0.05, 0) is 38.8 Å². The first-order chi connectivity index (χ1) is 6.56. The molecule has 0 saturated heterocycles. The summed E-state index contributed by atoms with van der Waals surface area (Å²) in [5.41, 5.74) is 1.59. The van der Waals surface area contributed by atoms with E-state index in [4.69, 9.17) is 0 Å². The monoisotopic (exact) mass is 190 g/mol. The maximum absolute atomic E-state index is 4.15. The average Bonchev–Trinajstić information content (AvgIpc) is 2.82. The summed E-state index contributed by atoms with van der Waals surface area (Å²) in [5, 5.41) is 3.61. The average molecular weight is 190 g/mol. The molecule has 2 rings (SSSR count). The molecule has 0 aromatic carbocycles. The second-order valence-corrected chi connectivity index (χ2v) is 5.13. The second kappa shape index (κ2) is 3.35. The highest BCUT2D eigenvalue weighted by Gasteiger charge is 2.40. The van der Waals surface area contributed by atoms with Crippen molar-refractivity contribution in [3.8, 4) is 0 Å². The Balaban J connectivity index is 1.94. The molecule has 1 N–H and O–H groups in total. The lowest BCUT2D eigenvalue weighted by Gasteiger charge is -2.20. The third-order valence-electron chi connectivity index (χ3n) is 2.52. The predicted molar refractivity (Wildman–Crippen MR) is 58.3 cm³/mol. The van der Waals surface area contributed by atoms with Crippen LogP contribution in [-0.2, 0) is 0 Å². The lowest BCUT2D eigenvalue weighted by molar-refractivity contribution is 0.418. The third-order valence-corrected chi connectivity index (χ3v) is 2.52. The molecule has 2 atom stereocenters. The topological polar surface area (TPSA) is 24.9 Å². The number of aromatic nitrogens is 1. The highest BCUT2D eigenvalue weighted by molar-refractivity contribution is 5.25. The number of nitrogens with one attached hydrogen (secondary N) is 1. The summed E-state index contributed by atoms with van der Waals surface area (Å²) in [6.45, 7) is 6.64. The second-order valence-electron chi connectivity index (χ2n) is 5.13. The minimum Gasteiger partial charge on any atom is -0.309 e. The van der Waals surface area contributed by atoms with Crippen LogP contribution in [0.25, 0.3) is 0 Å². The highest BCUT2D eigenvalue weighted by atomic mass is 15.0. The molecular weight excluding hydrogens is 172 g/mol. The zero-order valence-electron chi connectivity index (χ0n) is 9.12. The summed E-state index contributed by atoms with van der Waals surface area (Å²) in [6.07, 6.45) is 5.07. The lowest BCUT2D eigenvalue weighted by Crippen LogP contribution is -2.38. The van der Waals surface area contributed by atoms with Gasteiger partial charge < -0.3 is 5.32 Å². The molecule has 0 aliphatic heterocycles. The van der Waals surface area contributed by atoms with E-state index < -0.39 is 0 Å². The Morgan fingerprint density at radius 1 is 1.43 bits per heavy atom. The number of hydrogen-bond donors (Lipinski definition) is 1. The van der Waals surface area contributed by atoms with Gasteiger partial charge in [-0.2, -0.15) is 0 Å². The van der Waals surface area contributed by atoms with Crippen LogP contribution >= 0.6 is 0 Å². The molecule has 1 aliphatic carbocycles. The molecule has 2 nitrogen and oxygen atoms in total. The molecule has 1 aliphatic rings. The minimum absolute atomic E-state index is 0.224. The molecule has 0 radical (unpaired) electrons. The number of nitrogens with zero attached hydrogens (tertiary/aromatic N) is 1. The van der Waals surface area contributed by atoms with Crippen molar-refractivity contribution in [2.75, 3.05) is 0 Å². The van der Waals surface area contributed by atoms with Gasteiger partial charge in [-0.3, -0.25) is 4.98 Å². The van der Waals surface area contributed by atoms with E-state index in [0.29, 0.717) is 12.0 Å². The van der Waals surface area contributed by atoms with Crippen LogP contribution in [-0.4, -0.2) is 16.6 Å². The van der Waals surface area contributed by atoms with Gasteiger partial charge in [0.1, 0.15) is 0 Å². The highest BCUT2D eigenvalue weighted by Crippen LogP contribution is 2.41. The third kappa shape index (κ3) is 2.32. The van der Waals surface area contributed by atoms with Crippen LogP contribution in [0.3, 0.4) is 0 Å². The fourth-order valence-electron chi connectivity index (χ4n) is 1.87. The van der Waals surface area contributed by atoms with Gasteiger partial charge >= 0.3 is 0 Å².